The van der Waals surface area contributed by atoms with Crippen molar-refractivity contribution >= 4 is 11.8 Å². The molecule has 1 aliphatic carbocycles. The van der Waals surface area contributed by atoms with Crippen molar-refractivity contribution in [2.45, 2.75) is 56.0 Å². The van der Waals surface area contributed by atoms with Gasteiger partial charge in [0, 0.05) is 17.2 Å². The molecule has 0 aliphatic heterocycles. The second-order valence-electron chi connectivity index (χ2n) is 8.35. The number of nitrogens with zero attached hydrogens (tertiary/aromatic N) is 5. The van der Waals surface area contributed by atoms with Gasteiger partial charge in [0.2, 0.25) is 11.8 Å². The van der Waals surface area contributed by atoms with Crippen molar-refractivity contribution in [1.82, 2.24) is 25.0 Å². The number of benzene rings is 2. The van der Waals surface area contributed by atoms with E-state index in [-0.39, 0.29) is 0 Å². The van der Waals surface area contributed by atoms with Crippen molar-refractivity contribution in [2.75, 3.05) is 7.11 Å². The van der Waals surface area contributed by atoms with Gasteiger partial charge in [-0.25, -0.2) is 0 Å². The Morgan fingerprint density at radius 2 is 1.64 bits per heavy atom. The fraction of sp³-hybridized carbons (Fsp3) is 0.360. The predicted molar refractivity (Wildman–Crippen MR) is 128 cm³/mol. The lowest BCUT2D eigenvalue weighted by molar-refractivity contribution is 0.339. The third-order valence-corrected chi connectivity index (χ3v) is 6.97. The molecule has 1 saturated carbocycles. The van der Waals surface area contributed by atoms with E-state index in [9.17, 15) is 0 Å². The molecule has 0 atom stereocenters. The largest absolute Gasteiger partial charge is 0.497 e. The van der Waals surface area contributed by atoms with Gasteiger partial charge in [-0.2, -0.15) is 0 Å². The standard InChI is InChI=1S/C25H27N5O2S/c1-17-8-10-19(11-9-17)24-28-26-22(32-24)16-33-25-29-27-23(18-12-14-21(31-2)15-13-18)30(25)20-6-4-3-5-7-20/h8-15,20H,3-7,16H2,1-2H3. The van der Waals surface area contributed by atoms with Gasteiger partial charge in [0.05, 0.1) is 12.9 Å². The normalized spacial score (nSPS) is 14.5. The number of hydrogen-bond donors (Lipinski definition) is 0. The maximum Gasteiger partial charge on any atom is 0.247 e. The Hall–Kier alpha value is -3.13. The smallest absolute Gasteiger partial charge is 0.247 e. The molecule has 8 heteroatoms. The van der Waals surface area contributed by atoms with E-state index in [4.69, 9.17) is 9.15 Å². The molecule has 33 heavy (non-hydrogen) atoms. The van der Waals surface area contributed by atoms with Gasteiger partial charge in [0.15, 0.2) is 11.0 Å². The first-order valence-corrected chi connectivity index (χ1v) is 12.3. The van der Waals surface area contributed by atoms with Crippen LogP contribution >= 0.6 is 11.8 Å². The summed E-state index contributed by atoms with van der Waals surface area (Å²) in [5.74, 6) is 3.40. The first kappa shape index (κ1) is 21.7. The number of aromatic nitrogens is 5. The number of methoxy groups -OCH3 is 1. The molecule has 2 aromatic heterocycles. The maximum atomic E-state index is 5.92. The van der Waals surface area contributed by atoms with E-state index in [2.05, 4.69) is 31.9 Å². The Bertz CT molecular complexity index is 1190. The van der Waals surface area contributed by atoms with Crippen LogP contribution in [0.1, 0.15) is 49.6 Å². The molecule has 0 unspecified atom stereocenters. The summed E-state index contributed by atoms with van der Waals surface area (Å²) in [5.41, 5.74) is 3.17. The highest BCUT2D eigenvalue weighted by molar-refractivity contribution is 7.98. The maximum absolute atomic E-state index is 5.92. The zero-order valence-corrected chi connectivity index (χ0v) is 19.7. The van der Waals surface area contributed by atoms with Crippen LogP contribution in [0.4, 0.5) is 0 Å². The first-order chi connectivity index (χ1) is 16.2. The summed E-state index contributed by atoms with van der Waals surface area (Å²) >= 11 is 1.60. The van der Waals surface area contributed by atoms with Crippen molar-refractivity contribution in [1.29, 1.82) is 0 Å². The average molecular weight is 462 g/mol. The fourth-order valence-corrected chi connectivity index (χ4v) is 5.07. The molecular formula is C25H27N5O2S. The number of aryl methyl sites for hydroxylation is 1. The minimum Gasteiger partial charge on any atom is -0.497 e. The van der Waals surface area contributed by atoms with Crippen LogP contribution in [-0.2, 0) is 5.75 Å². The Balaban J connectivity index is 1.38. The molecule has 170 valence electrons. The Labute approximate surface area is 197 Å². The topological polar surface area (TPSA) is 78.9 Å². The zero-order chi connectivity index (χ0) is 22.6. The van der Waals surface area contributed by atoms with Gasteiger partial charge in [0.1, 0.15) is 5.75 Å². The number of thioether (sulfide) groups is 1. The Kier molecular flexibility index (Phi) is 6.44. The van der Waals surface area contributed by atoms with Gasteiger partial charge < -0.3 is 9.15 Å². The summed E-state index contributed by atoms with van der Waals surface area (Å²) in [7, 11) is 1.68. The van der Waals surface area contributed by atoms with Crippen LogP contribution in [0.2, 0.25) is 0 Å². The second-order valence-corrected chi connectivity index (χ2v) is 9.29. The molecule has 2 heterocycles. The van der Waals surface area contributed by atoms with E-state index in [1.807, 2.05) is 48.5 Å². The first-order valence-electron chi connectivity index (χ1n) is 11.3. The molecule has 0 saturated heterocycles. The average Bonchev–Trinajstić information content (AvgIpc) is 3.51. The third kappa shape index (κ3) is 4.80. The van der Waals surface area contributed by atoms with Crippen LogP contribution in [0.5, 0.6) is 5.75 Å². The molecule has 1 aliphatic rings. The van der Waals surface area contributed by atoms with Crippen molar-refractivity contribution in [3.05, 3.63) is 60.0 Å². The monoisotopic (exact) mass is 461 g/mol. The summed E-state index contributed by atoms with van der Waals surface area (Å²) < 4.78 is 13.5. The molecule has 7 nitrogen and oxygen atoms in total. The highest BCUT2D eigenvalue weighted by atomic mass is 32.2. The fourth-order valence-electron chi connectivity index (χ4n) is 4.23. The Morgan fingerprint density at radius 3 is 2.36 bits per heavy atom. The van der Waals surface area contributed by atoms with Crippen LogP contribution < -0.4 is 4.74 Å². The van der Waals surface area contributed by atoms with E-state index in [1.54, 1.807) is 18.9 Å². The van der Waals surface area contributed by atoms with Gasteiger partial charge in [-0.3, -0.25) is 4.57 Å². The summed E-state index contributed by atoms with van der Waals surface area (Å²) in [5, 5.41) is 18.5. The molecule has 0 radical (unpaired) electrons. The van der Waals surface area contributed by atoms with Crippen molar-refractivity contribution in [3.8, 4) is 28.6 Å². The summed E-state index contributed by atoms with van der Waals surface area (Å²) in [6, 6.07) is 16.5. The second kappa shape index (κ2) is 9.79. The van der Waals surface area contributed by atoms with Gasteiger partial charge in [0.25, 0.3) is 0 Å². The van der Waals surface area contributed by atoms with E-state index in [0.29, 0.717) is 23.6 Å². The van der Waals surface area contributed by atoms with Gasteiger partial charge in [-0.15, -0.1) is 20.4 Å². The molecule has 1 fully saturated rings. The quantitative estimate of drug-likeness (QED) is 0.307. The number of hydrogen-bond acceptors (Lipinski definition) is 7. The van der Waals surface area contributed by atoms with Crippen molar-refractivity contribution in [2.24, 2.45) is 0 Å². The van der Waals surface area contributed by atoms with E-state index < -0.39 is 0 Å². The lowest BCUT2D eigenvalue weighted by Crippen LogP contribution is -2.15. The highest BCUT2D eigenvalue weighted by Crippen LogP contribution is 2.36. The summed E-state index contributed by atoms with van der Waals surface area (Å²) in [4.78, 5) is 0. The SMILES string of the molecule is COc1ccc(-c2nnc(SCc3nnc(-c4ccc(C)cc4)o3)n2C2CCCCC2)cc1. The van der Waals surface area contributed by atoms with E-state index >= 15 is 0 Å². The summed E-state index contributed by atoms with van der Waals surface area (Å²) in [6.45, 7) is 2.06. The minimum absolute atomic E-state index is 0.402. The van der Waals surface area contributed by atoms with Gasteiger partial charge in [-0.1, -0.05) is 48.7 Å². The molecule has 2 aromatic carbocycles. The van der Waals surface area contributed by atoms with Gasteiger partial charge in [-0.05, 0) is 56.2 Å². The minimum atomic E-state index is 0.402. The molecular weight excluding hydrogens is 434 g/mol. The highest BCUT2D eigenvalue weighted by Gasteiger charge is 2.24. The molecule has 5 rings (SSSR count). The lowest BCUT2D eigenvalue weighted by atomic mass is 9.95. The molecule has 4 aromatic rings. The van der Waals surface area contributed by atoms with E-state index in [0.717, 1.165) is 40.7 Å². The molecule has 0 amide bonds. The molecule has 0 spiro atoms. The molecule has 0 bridgehead atoms. The van der Waals surface area contributed by atoms with Crippen LogP contribution in [0.3, 0.4) is 0 Å². The predicted octanol–water partition coefficient (Wildman–Crippen LogP) is 6.11. The van der Waals surface area contributed by atoms with Crippen LogP contribution in [0.15, 0.2) is 58.1 Å². The van der Waals surface area contributed by atoms with E-state index in [1.165, 1.54) is 24.8 Å². The number of ether oxygens (including phenoxy) is 1. The van der Waals surface area contributed by atoms with Crippen molar-refractivity contribution < 1.29 is 9.15 Å². The lowest BCUT2D eigenvalue weighted by Gasteiger charge is -2.25. The third-order valence-electron chi connectivity index (χ3n) is 6.04. The number of rotatable bonds is 7. The van der Waals surface area contributed by atoms with Crippen molar-refractivity contribution in [3.63, 3.8) is 0 Å². The van der Waals surface area contributed by atoms with Crippen LogP contribution in [0.25, 0.3) is 22.8 Å². The zero-order valence-electron chi connectivity index (χ0n) is 18.9. The Morgan fingerprint density at radius 1 is 0.909 bits per heavy atom. The van der Waals surface area contributed by atoms with Crippen LogP contribution in [0, 0.1) is 6.92 Å². The molecule has 0 N–H and O–H groups in total. The van der Waals surface area contributed by atoms with Gasteiger partial charge >= 0.3 is 0 Å². The summed E-state index contributed by atoms with van der Waals surface area (Å²) in [6.07, 6.45) is 6.06. The van der Waals surface area contributed by atoms with Crippen LogP contribution in [-0.4, -0.2) is 32.1 Å².